The van der Waals surface area contributed by atoms with Crippen LogP contribution >= 0.6 is 0 Å². The lowest BCUT2D eigenvalue weighted by molar-refractivity contribution is 0.139. The van der Waals surface area contributed by atoms with Crippen LogP contribution in [0.2, 0.25) is 0 Å². The van der Waals surface area contributed by atoms with Crippen LogP contribution in [-0.4, -0.2) is 30.1 Å². The molecule has 0 aromatic rings. The van der Waals surface area contributed by atoms with Crippen molar-refractivity contribution < 1.29 is 0 Å². The number of piperidine rings is 1. The van der Waals surface area contributed by atoms with Crippen molar-refractivity contribution in [1.29, 1.82) is 0 Å². The lowest BCUT2D eigenvalue weighted by Crippen LogP contribution is -2.51. The smallest absolute Gasteiger partial charge is 0.0278 e. The van der Waals surface area contributed by atoms with Crippen LogP contribution in [0.25, 0.3) is 0 Å². The summed E-state index contributed by atoms with van der Waals surface area (Å²) >= 11 is 0. The van der Waals surface area contributed by atoms with Gasteiger partial charge in [0, 0.05) is 12.1 Å². The summed E-state index contributed by atoms with van der Waals surface area (Å²) < 4.78 is 0. The van der Waals surface area contributed by atoms with Crippen LogP contribution in [0.15, 0.2) is 0 Å². The third-order valence-corrected chi connectivity index (χ3v) is 4.35. The molecule has 0 spiro atoms. The largest absolute Gasteiger partial charge is 0.324 e. The van der Waals surface area contributed by atoms with Gasteiger partial charge in [-0.05, 0) is 44.7 Å². The first kappa shape index (κ1) is 14.0. The second kappa shape index (κ2) is 6.61. The fraction of sp³-hybridized carbons (Fsp3) is 1.00. The maximum Gasteiger partial charge on any atom is 0.0278 e. The predicted molar refractivity (Wildman–Crippen MR) is 71.6 cm³/mol. The Hall–Kier alpha value is -0.0800. The van der Waals surface area contributed by atoms with Crippen molar-refractivity contribution >= 4 is 0 Å². The van der Waals surface area contributed by atoms with Gasteiger partial charge in [0.25, 0.3) is 0 Å². The van der Waals surface area contributed by atoms with E-state index in [1.807, 2.05) is 0 Å². The maximum atomic E-state index is 6.38. The van der Waals surface area contributed by atoms with Crippen LogP contribution in [0.3, 0.4) is 0 Å². The predicted octanol–water partition coefficient (Wildman–Crippen LogP) is 3.02. The summed E-state index contributed by atoms with van der Waals surface area (Å²) in [4.78, 5) is 2.58. The lowest BCUT2D eigenvalue weighted by Gasteiger charge is -2.38. The summed E-state index contributed by atoms with van der Waals surface area (Å²) in [5.41, 5.74) is 6.43. The number of likely N-dealkylation sites (tertiary alicyclic amines) is 1. The lowest BCUT2D eigenvalue weighted by atomic mass is 9.89. The van der Waals surface area contributed by atoms with Crippen molar-refractivity contribution in [3.63, 3.8) is 0 Å². The Balaban J connectivity index is 2.31. The van der Waals surface area contributed by atoms with E-state index in [0.29, 0.717) is 0 Å². The standard InChI is InChI=1S/C14H30N2/c1-4-7-13-8-10-16(11-9-13)12-14(15,5-2)6-3/h13H,4-12,15H2,1-3H3. The normalized spacial score (nSPS) is 20.2. The molecular weight excluding hydrogens is 196 g/mol. The van der Waals surface area contributed by atoms with Gasteiger partial charge < -0.3 is 10.6 Å². The second-order valence-electron chi connectivity index (χ2n) is 5.58. The Morgan fingerprint density at radius 2 is 1.69 bits per heavy atom. The van der Waals surface area contributed by atoms with Crippen LogP contribution in [-0.2, 0) is 0 Å². The Kier molecular flexibility index (Phi) is 5.77. The zero-order valence-electron chi connectivity index (χ0n) is 11.5. The van der Waals surface area contributed by atoms with E-state index in [-0.39, 0.29) is 5.54 Å². The summed E-state index contributed by atoms with van der Waals surface area (Å²) in [5.74, 6) is 0.983. The van der Waals surface area contributed by atoms with Gasteiger partial charge in [-0.25, -0.2) is 0 Å². The van der Waals surface area contributed by atoms with E-state index in [4.69, 9.17) is 5.73 Å². The zero-order valence-corrected chi connectivity index (χ0v) is 11.5. The molecule has 0 bridgehead atoms. The molecule has 1 rings (SSSR count). The molecule has 1 heterocycles. The molecule has 1 fully saturated rings. The van der Waals surface area contributed by atoms with E-state index >= 15 is 0 Å². The molecule has 0 radical (unpaired) electrons. The Morgan fingerprint density at radius 1 is 1.12 bits per heavy atom. The van der Waals surface area contributed by atoms with Gasteiger partial charge in [-0.2, -0.15) is 0 Å². The molecule has 1 aliphatic rings. The van der Waals surface area contributed by atoms with E-state index in [9.17, 15) is 0 Å². The van der Waals surface area contributed by atoms with Gasteiger partial charge in [-0.15, -0.1) is 0 Å². The minimum Gasteiger partial charge on any atom is -0.324 e. The van der Waals surface area contributed by atoms with Crippen molar-refractivity contribution in [3.05, 3.63) is 0 Å². The first-order valence-corrected chi connectivity index (χ1v) is 7.14. The van der Waals surface area contributed by atoms with Crippen LogP contribution in [0.1, 0.15) is 59.3 Å². The summed E-state index contributed by atoms with van der Waals surface area (Å²) in [7, 11) is 0. The Labute approximate surface area is 102 Å². The molecule has 1 saturated heterocycles. The minimum atomic E-state index is 0.0532. The first-order valence-electron chi connectivity index (χ1n) is 7.14. The zero-order chi connectivity index (χ0) is 12.0. The maximum absolute atomic E-state index is 6.38. The highest BCUT2D eigenvalue weighted by Gasteiger charge is 2.26. The van der Waals surface area contributed by atoms with E-state index in [0.717, 1.165) is 25.3 Å². The average Bonchev–Trinajstić information content (AvgIpc) is 2.32. The summed E-state index contributed by atoms with van der Waals surface area (Å²) in [6.07, 6.45) is 7.73. The fourth-order valence-electron chi connectivity index (χ4n) is 2.76. The van der Waals surface area contributed by atoms with Crippen molar-refractivity contribution in [3.8, 4) is 0 Å². The highest BCUT2D eigenvalue weighted by molar-refractivity contribution is 4.86. The van der Waals surface area contributed by atoms with E-state index in [2.05, 4.69) is 25.7 Å². The van der Waals surface area contributed by atoms with Crippen LogP contribution in [0, 0.1) is 5.92 Å². The molecule has 2 nitrogen and oxygen atoms in total. The molecule has 1 aliphatic heterocycles. The highest BCUT2D eigenvalue weighted by Crippen LogP contribution is 2.23. The molecule has 0 unspecified atom stereocenters. The first-order chi connectivity index (χ1) is 7.63. The van der Waals surface area contributed by atoms with Crippen molar-refractivity contribution in [2.45, 2.75) is 64.8 Å². The quantitative estimate of drug-likeness (QED) is 0.754. The highest BCUT2D eigenvalue weighted by atomic mass is 15.1. The van der Waals surface area contributed by atoms with Gasteiger partial charge in [0.1, 0.15) is 0 Å². The van der Waals surface area contributed by atoms with Crippen molar-refractivity contribution in [2.75, 3.05) is 19.6 Å². The SMILES string of the molecule is CCCC1CCN(CC(N)(CC)CC)CC1. The van der Waals surface area contributed by atoms with Gasteiger partial charge in [-0.3, -0.25) is 0 Å². The van der Waals surface area contributed by atoms with Crippen molar-refractivity contribution in [2.24, 2.45) is 11.7 Å². The monoisotopic (exact) mass is 226 g/mol. The third kappa shape index (κ3) is 4.06. The summed E-state index contributed by atoms with van der Waals surface area (Å²) in [6.45, 7) is 10.4. The fourth-order valence-corrected chi connectivity index (χ4v) is 2.76. The molecule has 0 atom stereocenters. The molecule has 16 heavy (non-hydrogen) atoms. The van der Waals surface area contributed by atoms with E-state index < -0.39 is 0 Å². The molecule has 0 aromatic carbocycles. The summed E-state index contributed by atoms with van der Waals surface area (Å²) in [6, 6.07) is 0. The van der Waals surface area contributed by atoms with E-state index in [1.54, 1.807) is 0 Å². The molecule has 96 valence electrons. The number of nitrogens with two attached hydrogens (primary N) is 1. The van der Waals surface area contributed by atoms with Gasteiger partial charge in [-0.1, -0.05) is 33.6 Å². The number of hydrogen-bond donors (Lipinski definition) is 1. The molecule has 0 saturated carbocycles. The van der Waals surface area contributed by atoms with Crippen LogP contribution in [0.5, 0.6) is 0 Å². The van der Waals surface area contributed by atoms with Gasteiger partial charge in [0.2, 0.25) is 0 Å². The Bertz CT molecular complexity index is 179. The minimum absolute atomic E-state index is 0.0532. The summed E-state index contributed by atoms with van der Waals surface area (Å²) in [5, 5.41) is 0. The van der Waals surface area contributed by atoms with Crippen molar-refractivity contribution in [1.82, 2.24) is 4.90 Å². The van der Waals surface area contributed by atoms with Gasteiger partial charge >= 0.3 is 0 Å². The van der Waals surface area contributed by atoms with Gasteiger partial charge in [0.05, 0.1) is 0 Å². The van der Waals surface area contributed by atoms with Crippen LogP contribution in [0.4, 0.5) is 0 Å². The van der Waals surface area contributed by atoms with E-state index in [1.165, 1.54) is 38.8 Å². The van der Waals surface area contributed by atoms with Crippen LogP contribution < -0.4 is 5.73 Å². The molecular formula is C14H30N2. The average molecular weight is 226 g/mol. The second-order valence-corrected chi connectivity index (χ2v) is 5.58. The molecule has 0 amide bonds. The topological polar surface area (TPSA) is 29.3 Å². The number of nitrogens with zero attached hydrogens (tertiary/aromatic N) is 1. The molecule has 2 N–H and O–H groups in total. The molecule has 2 heteroatoms. The molecule has 0 aromatic heterocycles. The number of hydrogen-bond acceptors (Lipinski definition) is 2. The number of rotatable bonds is 6. The third-order valence-electron chi connectivity index (χ3n) is 4.35. The molecule has 0 aliphatic carbocycles. The Morgan fingerprint density at radius 3 is 2.12 bits per heavy atom. The van der Waals surface area contributed by atoms with Gasteiger partial charge in [0.15, 0.2) is 0 Å².